The van der Waals surface area contributed by atoms with E-state index in [9.17, 15) is 8.42 Å². The fourth-order valence-electron chi connectivity index (χ4n) is 1.77. The van der Waals surface area contributed by atoms with Crippen LogP contribution in [0.5, 0.6) is 0 Å². The maximum atomic E-state index is 12.5. The summed E-state index contributed by atoms with van der Waals surface area (Å²) >= 11 is 11.9. The predicted octanol–water partition coefficient (Wildman–Crippen LogP) is 3.35. The zero-order chi connectivity index (χ0) is 14.4. The molecular formula is C12H12Cl2N2O2S. The number of hydrogen-bond donors (Lipinski definition) is 0. The van der Waals surface area contributed by atoms with Crippen molar-refractivity contribution in [3.63, 3.8) is 0 Å². The molecule has 0 bridgehead atoms. The van der Waals surface area contributed by atoms with Crippen molar-refractivity contribution in [3.8, 4) is 0 Å². The second kappa shape index (κ2) is 4.81. The lowest BCUT2D eigenvalue weighted by molar-refractivity contribution is 0.577. The van der Waals surface area contributed by atoms with E-state index in [4.69, 9.17) is 23.2 Å². The molecule has 4 nitrogen and oxygen atoms in total. The molecule has 0 unspecified atom stereocenters. The van der Waals surface area contributed by atoms with Gasteiger partial charge in [0.2, 0.25) is 0 Å². The summed E-state index contributed by atoms with van der Waals surface area (Å²) in [5.41, 5.74) is 1.80. The van der Waals surface area contributed by atoms with Crippen molar-refractivity contribution < 1.29 is 8.42 Å². The molecule has 102 valence electrons. The van der Waals surface area contributed by atoms with Gasteiger partial charge in [0.15, 0.2) is 0 Å². The van der Waals surface area contributed by atoms with E-state index in [1.54, 1.807) is 26.8 Å². The highest BCUT2D eigenvalue weighted by Gasteiger charge is 2.24. The maximum absolute atomic E-state index is 12.5. The first-order valence-corrected chi connectivity index (χ1v) is 7.67. The van der Waals surface area contributed by atoms with E-state index in [0.717, 1.165) is 4.09 Å². The van der Waals surface area contributed by atoms with E-state index < -0.39 is 10.0 Å². The van der Waals surface area contributed by atoms with Gasteiger partial charge in [0.25, 0.3) is 10.0 Å². The predicted molar refractivity (Wildman–Crippen MR) is 75.5 cm³/mol. The number of aromatic nitrogens is 2. The van der Waals surface area contributed by atoms with Crippen LogP contribution in [0.25, 0.3) is 0 Å². The van der Waals surface area contributed by atoms with Crippen LogP contribution in [-0.4, -0.2) is 17.6 Å². The van der Waals surface area contributed by atoms with E-state index in [1.807, 2.05) is 0 Å². The second-order valence-electron chi connectivity index (χ2n) is 4.31. The van der Waals surface area contributed by atoms with Crippen LogP contribution in [0.3, 0.4) is 0 Å². The van der Waals surface area contributed by atoms with Gasteiger partial charge < -0.3 is 0 Å². The highest BCUT2D eigenvalue weighted by molar-refractivity contribution is 7.90. The zero-order valence-electron chi connectivity index (χ0n) is 10.6. The minimum absolute atomic E-state index is 0.00210. The summed E-state index contributed by atoms with van der Waals surface area (Å²) in [6.45, 7) is 5.13. The molecule has 0 amide bonds. The van der Waals surface area contributed by atoms with Crippen LogP contribution in [0.2, 0.25) is 10.0 Å². The Morgan fingerprint density at radius 1 is 1.05 bits per heavy atom. The lowest BCUT2D eigenvalue weighted by Gasteiger charge is -2.10. The van der Waals surface area contributed by atoms with Gasteiger partial charge in [-0.25, -0.2) is 0 Å². The summed E-state index contributed by atoms with van der Waals surface area (Å²) in [5, 5.41) is 4.50. The van der Waals surface area contributed by atoms with E-state index in [-0.39, 0.29) is 9.92 Å². The third kappa shape index (κ3) is 2.50. The van der Waals surface area contributed by atoms with Gasteiger partial charge in [0, 0.05) is 5.02 Å². The van der Waals surface area contributed by atoms with Gasteiger partial charge >= 0.3 is 0 Å². The lowest BCUT2D eigenvalue weighted by atomic mass is 10.2. The minimum atomic E-state index is -3.80. The number of nitrogens with zero attached hydrogens (tertiary/aromatic N) is 2. The highest BCUT2D eigenvalue weighted by Crippen LogP contribution is 2.29. The Bertz CT molecular complexity index is 751. The summed E-state index contributed by atoms with van der Waals surface area (Å²) in [5.74, 6) is 0. The molecule has 1 heterocycles. The first kappa shape index (κ1) is 14.4. The van der Waals surface area contributed by atoms with Gasteiger partial charge in [-0.05, 0) is 44.5 Å². The maximum Gasteiger partial charge on any atom is 0.284 e. The van der Waals surface area contributed by atoms with Crippen molar-refractivity contribution in [2.24, 2.45) is 0 Å². The number of rotatable bonds is 2. The van der Waals surface area contributed by atoms with Gasteiger partial charge in [0.1, 0.15) is 4.90 Å². The van der Waals surface area contributed by atoms with Crippen molar-refractivity contribution in [2.45, 2.75) is 25.7 Å². The van der Waals surface area contributed by atoms with Crippen LogP contribution in [0.15, 0.2) is 23.1 Å². The minimum Gasteiger partial charge on any atom is -0.199 e. The van der Waals surface area contributed by atoms with Crippen molar-refractivity contribution >= 4 is 33.2 Å². The monoisotopic (exact) mass is 318 g/mol. The highest BCUT2D eigenvalue weighted by atomic mass is 35.5. The Morgan fingerprint density at radius 3 is 2.21 bits per heavy atom. The quantitative estimate of drug-likeness (QED) is 0.853. The molecule has 0 atom stereocenters. The van der Waals surface area contributed by atoms with Crippen LogP contribution in [0, 0.1) is 20.8 Å². The Morgan fingerprint density at radius 2 is 1.68 bits per heavy atom. The zero-order valence-corrected chi connectivity index (χ0v) is 12.9. The van der Waals surface area contributed by atoms with Crippen molar-refractivity contribution in [2.75, 3.05) is 0 Å². The number of halogens is 2. The van der Waals surface area contributed by atoms with Crippen molar-refractivity contribution in [1.29, 1.82) is 0 Å². The van der Waals surface area contributed by atoms with Crippen molar-refractivity contribution in [3.05, 3.63) is 45.2 Å². The van der Waals surface area contributed by atoms with Crippen LogP contribution in [0.1, 0.15) is 17.0 Å². The molecule has 0 saturated carbocycles. The molecule has 0 radical (unpaired) electrons. The molecule has 0 spiro atoms. The molecule has 0 aliphatic heterocycles. The summed E-state index contributed by atoms with van der Waals surface area (Å²) in [7, 11) is -3.80. The van der Waals surface area contributed by atoms with E-state index >= 15 is 0 Å². The van der Waals surface area contributed by atoms with Gasteiger partial charge in [-0.2, -0.15) is 17.6 Å². The normalized spacial score (nSPS) is 11.8. The van der Waals surface area contributed by atoms with Gasteiger partial charge in [-0.3, -0.25) is 0 Å². The molecule has 0 saturated heterocycles. The molecule has 7 heteroatoms. The fourth-order valence-corrected chi connectivity index (χ4v) is 3.93. The molecule has 0 aliphatic rings. The van der Waals surface area contributed by atoms with Crippen LogP contribution >= 0.6 is 23.2 Å². The van der Waals surface area contributed by atoms with E-state index in [0.29, 0.717) is 22.0 Å². The Hall–Kier alpha value is -1.04. The largest absolute Gasteiger partial charge is 0.284 e. The fraction of sp³-hybridized carbons (Fsp3) is 0.250. The summed E-state index contributed by atoms with van der Waals surface area (Å²) in [6, 6.07) is 4.57. The van der Waals surface area contributed by atoms with Gasteiger partial charge in [-0.15, -0.1) is 0 Å². The SMILES string of the molecule is Cc1cc(C)n(S(=O)(=O)c2cc(C)c(Cl)cc2Cl)n1. The van der Waals surface area contributed by atoms with Gasteiger partial charge in [0.05, 0.1) is 16.4 Å². The van der Waals surface area contributed by atoms with E-state index in [1.165, 1.54) is 12.1 Å². The molecule has 1 aromatic carbocycles. The second-order valence-corrected chi connectivity index (χ2v) is 6.86. The van der Waals surface area contributed by atoms with Crippen LogP contribution in [0.4, 0.5) is 0 Å². The molecular weight excluding hydrogens is 307 g/mol. The Balaban J connectivity index is 2.70. The summed E-state index contributed by atoms with van der Waals surface area (Å²) in [4.78, 5) is 0.00210. The molecule has 0 N–H and O–H groups in total. The molecule has 1 aromatic heterocycles. The average molecular weight is 319 g/mol. The number of hydrogen-bond acceptors (Lipinski definition) is 3. The standard InChI is InChI=1S/C12H12Cl2N2O2S/c1-7-4-12(11(14)6-10(7)13)19(17,18)16-9(3)5-8(2)15-16/h4-6H,1-3H3. The van der Waals surface area contributed by atoms with Gasteiger partial charge in [-0.1, -0.05) is 23.2 Å². The number of aryl methyl sites for hydroxylation is 3. The summed E-state index contributed by atoms with van der Waals surface area (Å²) < 4.78 is 26.0. The Kier molecular flexibility index (Phi) is 3.64. The topological polar surface area (TPSA) is 52.0 Å². The van der Waals surface area contributed by atoms with Crippen LogP contribution in [-0.2, 0) is 10.0 Å². The lowest BCUT2D eigenvalue weighted by Crippen LogP contribution is -2.16. The smallest absolute Gasteiger partial charge is 0.199 e. The summed E-state index contributed by atoms with van der Waals surface area (Å²) in [6.07, 6.45) is 0. The van der Waals surface area contributed by atoms with E-state index in [2.05, 4.69) is 5.10 Å². The molecule has 0 aliphatic carbocycles. The first-order valence-electron chi connectivity index (χ1n) is 5.48. The Labute approximate surface area is 122 Å². The molecule has 19 heavy (non-hydrogen) atoms. The number of benzene rings is 1. The molecule has 2 aromatic rings. The third-order valence-corrected chi connectivity index (χ3v) is 5.24. The molecule has 2 rings (SSSR count). The third-order valence-electron chi connectivity index (χ3n) is 2.69. The van der Waals surface area contributed by atoms with Crippen molar-refractivity contribution in [1.82, 2.24) is 9.19 Å². The van der Waals surface area contributed by atoms with Crippen LogP contribution < -0.4 is 0 Å². The average Bonchev–Trinajstić information content (AvgIpc) is 2.63. The molecule has 0 fully saturated rings. The first-order chi connectivity index (χ1) is 8.73.